The Labute approximate surface area is 72.8 Å². The molecule has 72 valence electrons. The number of ether oxygens (including phenoxy) is 1. The van der Waals surface area contributed by atoms with Gasteiger partial charge in [0, 0.05) is 7.11 Å². The van der Waals surface area contributed by atoms with Gasteiger partial charge in [0.1, 0.15) is 6.23 Å². The highest BCUT2D eigenvalue weighted by Crippen LogP contribution is 2.00. The highest BCUT2D eigenvalue weighted by atomic mass is 19.1. The van der Waals surface area contributed by atoms with Crippen LogP contribution in [0.3, 0.4) is 0 Å². The molecule has 0 saturated carbocycles. The van der Waals surface area contributed by atoms with Crippen LogP contribution in [0.4, 0.5) is 4.39 Å². The van der Waals surface area contributed by atoms with Crippen molar-refractivity contribution >= 4 is 0 Å². The summed E-state index contributed by atoms with van der Waals surface area (Å²) in [6.07, 6.45) is 0.203. The van der Waals surface area contributed by atoms with E-state index in [0.29, 0.717) is 0 Å². The molecule has 0 aliphatic heterocycles. The minimum Gasteiger partial charge on any atom is -0.361 e. The van der Waals surface area contributed by atoms with Crippen LogP contribution < -0.4 is 11.2 Å². The van der Waals surface area contributed by atoms with Crippen molar-refractivity contribution in [2.24, 2.45) is 0 Å². The Balaban J connectivity index is 3.32. The first-order valence-electron chi connectivity index (χ1n) is 3.60. The molecule has 6 heteroatoms. The maximum Gasteiger partial charge on any atom is 0.330 e. The third kappa shape index (κ3) is 1.83. The van der Waals surface area contributed by atoms with Crippen molar-refractivity contribution in [3.8, 4) is 0 Å². The summed E-state index contributed by atoms with van der Waals surface area (Å²) in [6.45, 7) is 1.55. The van der Waals surface area contributed by atoms with Gasteiger partial charge in [0.05, 0.1) is 6.20 Å². The third-order valence-corrected chi connectivity index (χ3v) is 1.66. The molecule has 1 rings (SSSR count). The first-order chi connectivity index (χ1) is 6.06. The summed E-state index contributed by atoms with van der Waals surface area (Å²) < 4.78 is 18.4. The number of hydrogen-bond acceptors (Lipinski definition) is 3. The van der Waals surface area contributed by atoms with Crippen molar-refractivity contribution in [2.75, 3.05) is 7.11 Å². The summed E-state index contributed by atoms with van der Waals surface area (Å²) in [5, 5.41) is 0. The zero-order valence-corrected chi connectivity index (χ0v) is 7.20. The fraction of sp³-hybridized carbons (Fsp3) is 0.429. The summed E-state index contributed by atoms with van der Waals surface area (Å²) in [7, 11) is 1.38. The number of nitrogens with one attached hydrogen (secondary N) is 1. The molecule has 13 heavy (non-hydrogen) atoms. The Morgan fingerprint density at radius 2 is 2.23 bits per heavy atom. The van der Waals surface area contributed by atoms with Gasteiger partial charge in [-0.1, -0.05) is 0 Å². The second-order valence-electron chi connectivity index (χ2n) is 2.48. The third-order valence-electron chi connectivity index (χ3n) is 1.66. The summed E-state index contributed by atoms with van der Waals surface area (Å²) in [5.74, 6) is -1.01. The van der Waals surface area contributed by atoms with E-state index in [1.807, 2.05) is 4.98 Å². The maximum atomic E-state index is 12.7. The molecule has 0 aromatic carbocycles. The number of methoxy groups -OCH3 is 1. The van der Waals surface area contributed by atoms with Gasteiger partial charge in [-0.2, -0.15) is 4.39 Å². The monoisotopic (exact) mass is 188 g/mol. The number of rotatable bonds is 2. The molecule has 0 aliphatic carbocycles. The number of halogens is 1. The topological polar surface area (TPSA) is 64.1 Å². The van der Waals surface area contributed by atoms with E-state index in [2.05, 4.69) is 0 Å². The van der Waals surface area contributed by atoms with E-state index in [0.717, 1.165) is 10.8 Å². The van der Waals surface area contributed by atoms with E-state index < -0.39 is 23.3 Å². The van der Waals surface area contributed by atoms with Gasteiger partial charge in [-0.15, -0.1) is 0 Å². The predicted molar refractivity (Wildman–Crippen MR) is 43.0 cm³/mol. The molecule has 0 amide bonds. The van der Waals surface area contributed by atoms with Crippen molar-refractivity contribution in [2.45, 2.75) is 13.2 Å². The summed E-state index contributed by atoms with van der Waals surface area (Å²) in [6, 6.07) is 0. The van der Waals surface area contributed by atoms with Crippen LogP contribution in [-0.4, -0.2) is 16.7 Å². The van der Waals surface area contributed by atoms with Crippen LogP contribution in [0.25, 0.3) is 0 Å². The molecule has 0 saturated heterocycles. The highest BCUT2D eigenvalue weighted by Gasteiger charge is 2.08. The lowest BCUT2D eigenvalue weighted by Crippen LogP contribution is -2.33. The van der Waals surface area contributed by atoms with E-state index in [-0.39, 0.29) is 0 Å². The smallest absolute Gasteiger partial charge is 0.330 e. The van der Waals surface area contributed by atoms with Gasteiger partial charge < -0.3 is 4.74 Å². The lowest BCUT2D eigenvalue weighted by Gasteiger charge is -2.11. The number of aromatic amines is 1. The Kier molecular flexibility index (Phi) is 2.62. The Bertz CT molecular complexity index is 409. The second kappa shape index (κ2) is 3.53. The number of H-pyrrole nitrogens is 1. The minimum atomic E-state index is -1.02. The fourth-order valence-electron chi connectivity index (χ4n) is 0.844. The minimum absolute atomic E-state index is 0.612. The quantitative estimate of drug-likeness (QED) is 0.701. The van der Waals surface area contributed by atoms with Crippen LogP contribution in [0.2, 0.25) is 0 Å². The molecular weight excluding hydrogens is 179 g/mol. The molecule has 1 atom stereocenters. The van der Waals surface area contributed by atoms with E-state index in [4.69, 9.17) is 4.74 Å². The molecule has 1 heterocycles. The van der Waals surface area contributed by atoms with Crippen LogP contribution in [0.5, 0.6) is 0 Å². The van der Waals surface area contributed by atoms with Crippen LogP contribution in [-0.2, 0) is 4.74 Å². The van der Waals surface area contributed by atoms with Gasteiger partial charge in [0.15, 0.2) is 0 Å². The van der Waals surface area contributed by atoms with Crippen LogP contribution in [0, 0.1) is 5.82 Å². The van der Waals surface area contributed by atoms with E-state index in [1.165, 1.54) is 7.11 Å². The molecule has 1 aromatic heterocycles. The number of hydrogen-bond donors (Lipinski definition) is 1. The lowest BCUT2D eigenvalue weighted by molar-refractivity contribution is 0.0553. The average molecular weight is 188 g/mol. The standard InChI is InChI=1S/C7H9FN2O3/c1-4(13-2)10-3-5(8)6(11)9-7(10)12/h3-4H,1-2H3,(H,9,11,12)/t4-/m0/s1. The van der Waals surface area contributed by atoms with Crippen molar-refractivity contribution in [1.82, 2.24) is 9.55 Å². The van der Waals surface area contributed by atoms with Crippen molar-refractivity contribution in [3.63, 3.8) is 0 Å². The van der Waals surface area contributed by atoms with Crippen LogP contribution in [0.15, 0.2) is 15.8 Å². The average Bonchev–Trinajstić information content (AvgIpc) is 2.10. The summed E-state index contributed by atoms with van der Waals surface area (Å²) >= 11 is 0. The molecule has 1 N–H and O–H groups in total. The normalized spacial score (nSPS) is 12.8. The molecule has 0 radical (unpaired) electrons. The fourth-order valence-corrected chi connectivity index (χ4v) is 0.844. The first kappa shape index (κ1) is 9.66. The van der Waals surface area contributed by atoms with E-state index >= 15 is 0 Å². The number of aromatic nitrogens is 2. The summed E-state index contributed by atoms with van der Waals surface area (Å²) in [4.78, 5) is 23.5. The van der Waals surface area contributed by atoms with Gasteiger partial charge in [-0.05, 0) is 6.92 Å². The van der Waals surface area contributed by atoms with Crippen LogP contribution in [0.1, 0.15) is 13.2 Å². The largest absolute Gasteiger partial charge is 0.361 e. The molecule has 0 bridgehead atoms. The Morgan fingerprint density at radius 3 is 2.77 bits per heavy atom. The Hall–Kier alpha value is -1.43. The molecule has 0 fully saturated rings. The molecule has 0 aliphatic rings. The number of nitrogens with zero attached hydrogens (tertiary/aromatic N) is 1. The zero-order valence-electron chi connectivity index (χ0n) is 7.20. The summed E-state index contributed by atoms with van der Waals surface area (Å²) in [5.41, 5.74) is -1.72. The van der Waals surface area contributed by atoms with Gasteiger partial charge in [-0.25, -0.2) is 4.79 Å². The van der Waals surface area contributed by atoms with Gasteiger partial charge in [0.2, 0.25) is 5.82 Å². The van der Waals surface area contributed by atoms with Gasteiger partial charge in [0.25, 0.3) is 5.56 Å². The van der Waals surface area contributed by atoms with E-state index in [1.54, 1.807) is 6.92 Å². The molecule has 0 spiro atoms. The van der Waals surface area contributed by atoms with Gasteiger partial charge in [-0.3, -0.25) is 14.3 Å². The molecule has 5 nitrogen and oxygen atoms in total. The zero-order chi connectivity index (χ0) is 10.0. The second-order valence-corrected chi connectivity index (χ2v) is 2.48. The molecule has 1 aromatic rings. The predicted octanol–water partition coefficient (Wildman–Crippen LogP) is -0.159. The molecular formula is C7H9FN2O3. The molecule has 0 unspecified atom stereocenters. The van der Waals surface area contributed by atoms with Crippen molar-refractivity contribution in [1.29, 1.82) is 0 Å². The first-order valence-corrected chi connectivity index (χ1v) is 3.60. The van der Waals surface area contributed by atoms with Gasteiger partial charge >= 0.3 is 5.69 Å². The Morgan fingerprint density at radius 1 is 1.62 bits per heavy atom. The van der Waals surface area contributed by atoms with Crippen LogP contribution >= 0.6 is 0 Å². The van der Waals surface area contributed by atoms with Crippen molar-refractivity contribution in [3.05, 3.63) is 32.9 Å². The SMILES string of the molecule is CO[C@@H](C)n1cc(F)c(=O)[nH]c1=O. The maximum absolute atomic E-state index is 12.7. The lowest BCUT2D eigenvalue weighted by atomic mass is 10.5. The highest BCUT2D eigenvalue weighted by molar-refractivity contribution is 4.87. The van der Waals surface area contributed by atoms with E-state index in [9.17, 15) is 14.0 Å². The van der Waals surface area contributed by atoms with Crippen molar-refractivity contribution < 1.29 is 9.13 Å².